The molecule has 0 atom stereocenters. The molecule has 3 aromatic carbocycles. The molecule has 0 bridgehead atoms. The predicted octanol–water partition coefficient (Wildman–Crippen LogP) is 4.08. The fraction of sp³-hybridized carbons (Fsp3) is 0.160. The molecule has 0 aliphatic heterocycles. The number of benzene rings is 3. The van der Waals surface area contributed by atoms with Gasteiger partial charge in [0, 0.05) is 31.0 Å². The Labute approximate surface area is 180 Å². The highest BCUT2D eigenvalue weighted by Gasteiger charge is 2.15. The van der Waals surface area contributed by atoms with Crippen LogP contribution in [-0.4, -0.2) is 29.6 Å². The van der Waals surface area contributed by atoms with Gasteiger partial charge in [-0.05, 0) is 43.3 Å². The summed E-state index contributed by atoms with van der Waals surface area (Å²) in [6.07, 6.45) is 0. The van der Waals surface area contributed by atoms with E-state index >= 15 is 0 Å². The number of fused-ring (bicyclic) bond motifs is 1. The number of hydrogen-bond acceptors (Lipinski definition) is 4. The number of anilines is 2. The van der Waals surface area contributed by atoms with Gasteiger partial charge < -0.3 is 10.2 Å². The Balaban J connectivity index is 1.70. The van der Waals surface area contributed by atoms with E-state index < -0.39 is 0 Å². The number of rotatable bonds is 5. The van der Waals surface area contributed by atoms with E-state index in [1.165, 1.54) is 4.57 Å². The number of para-hydroxylation sites is 1. The van der Waals surface area contributed by atoms with Crippen LogP contribution < -0.4 is 15.8 Å². The molecule has 1 N–H and O–H groups in total. The highest BCUT2D eigenvalue weighted by molar-refractivity contribution is 5.91. The predicted molar refractivity (Wildman–Crippen MR) is 126 cm³/mol. The molecule has 0 aliphatic carbocycles. The second kappa shape index (κ2) is 8.44. The smallest absolute Gasteiger partial charge is 0.262 e. The minimum absolute atomic E-state index is 0.130. The third kappa shape index (κ3) is 4.33. The Morgan fingerprint density at radius 1 is 0.968 bits per heavy atom. The topological polar surface area (TPSA) is 67.2 Å². The van der Waals surface area contributed by atoms with Crippen molar-refractivity contribution in [2.24, 2.45) is 0 Å². The normalized spacial score (nSPS) is 10.8. The van der Waals surface area contributed by atoms with Crippen molar-refractivity contribution in [2.45, 2.75) is 13.5 Å². The number of amides is 1. The first kappa shape index (κ1) is 20.3. The average Bonchev–Trinajstić information content (AvgIpc) is 2.76. The molecular weight excluding hydrogens is 388 g/mol. The summed E-state index contributed by atoms with van der Waals surface area (Å²) in [7, 11) is 3.92. The van der Waals surface area contributed by atoms with E-state index in [2.05, 4.69) is 5.32 Å². The Hall–Kier alpha value is -3.93. The molecule has 0 fully saturated rings. The standard InChI is InChI=1S/C25H24N4O2/c1-17-8-10-18(11-9-17)24-27-22-7-5-4-6-21(22)25(31)29(24)16-23(30)26-19-12-14-20(15-13-19)28(2)3/h4-15H,16H2,1-3H3,(H,26,30). The van der Waals surface area contributed by atoms with Crippen LogP contribution in [0.3, 0.4) is 0 Å². The Kier molecular flexibility index (Phi) is 5.54. The van der Waals surface area contributed by atoms with E-state index in [0.29, 0.717) is 22.4 Å². The summed E-state index contributed by atoms with van der Waals surface area (Å²) in [5.41, 5.74) is 3.98. The van der Waals surface area contributed by atoms with Gasteiger partial charge in [0.1, 0.15) is 12.4 Å². The van der Waals surface area contributed by atoms with Gasteiger partial charge in [0.2, 0.25) is 5.91 Å². The second-order valence-electron chi connectivity index (χ2n) is 7.70. The van der Waals surface area contributed by atoms with Crippen LogP contribution in [0.1, 0.15) is 5.56 Å². The zero-order valence-corrected chi connectivity index (χ0v) is 17.8. The molecule has 6 nitrogen and oxygen atoms in total. The van der Waals surface area contributed by atoms with Gasteiger partial charge in [0.25, 0.3) is 5.56 Å². The molecular formula is C25H24N4O2. The third-order valence-electron chi connectivity index (χ3n) is 5.14. The lowest BCUT2D eigenvalue weighted by molar-refractivity contribution is -0.116. The molecule has 0 saturated carbocycles. The number of nitrogens with one attached hydrogen (secondary N) is 1. The maximum atomic E-state index is 13.2. The van der Waals surface area contributed by atoms with Crippen molar-refractivity contribution in [1.29, 1.82) is 0 Å². The lowest BCUT2D eigenvalue weighted by Gasteiger charge is -2.15. The molecule has 0 aliphatic rings. The number of carbonyl (C=O) groups excluding carboxylic acids is 1. The van der Waals surface area contributed by atoms with Gasteiger partial charge in [-0.1, -0.05) is 42.0 Å². The molecule has 4 aromatic rings. The van der Waals surface area contributed by atoms with Gasteiger partial charge in [0.15, 0.2) is 0 Å². The fourth-order valence-corrected chi connectivity index (χ4v) is 3.42. The Morgan fingerprint density at radius 2 is 1.65 bits per heavy atom. The first-order valence-corrected chi connectivity index (χ1v) is 10.1. The van der Waals surface area contributed by atoms with Crippen molar-refractivity contribution in [1.82, 2.24) is 9.55 Å². The maximum absolute atomic E-state index is 13.2. The molecule has 1 heterocycles. The van der Waals surface area contributed by atoms with Gasteiger partial charge in [-0.3, -0.25) is 14.2 Å². The Bertz CT molecular complexity index is 1290. The fourth-order valence-electron chi connectivity index (χ4n) is 3.42. The van der Waals surface area contributed by atoms with Crippen LogP contribution in [0.15, 0.2) is 77.6 Å². The molecule has 1 aromatic heterocycles. The zero-order chi connectivity index (χ0) is 22.0. The van der Waals surface area contributed by atoms with Crippen LogP contribution in [0.2, 0.25) is 0 Å². The van der Waals surface area contributed by atoms with E-state index in [-0.39, 0.29) is 18.0 Å². The number of nitrogens with zero attached hydrogens (tertiary/aromatic N) is 3. The largest absolute Gasteiger partial charge is 0.378 e. The monoisotopic (exact) mass is 412 g/mol. The first-order chi connectivity index (χ1) is 14.9. The summed E-state index contributed by atoms with van der Waals surface area (Å²) in [5.74, 6) is 0.187. The van der Waals surface area contributed by atoms with E-state index in [0.717, 1.165) is 16.8 Å². The van der Waals surface area contributed by atoms with Gasteiger partial charge in [-0.2, -0.15) is 0 Å². The lowest BCUT2D eigenvalue weighted by atomic mass is 10.1. The van der Waals surface area contributed by atoms with Gasteiger partial charge in [-0.15, -0.1) is 0 Å². The molecule has 4 rings (SSSR count). The molecule has 6 heteroatoms. The van der Waals surface area contributed by atoms with Gasteiger partial charge in [-0.25, -0.2) is 4.98 Å². The zero-order valence-electron chi connectivity index (χ0n) is 17.8. The summed E-state index contributed by atoms with van der Waals surface area (Å²) in [4.78, 5) is 32.7. The van der Waals surface area contributed by atoms with Crippen molar-refractivity contribution in [3.63, 3.8) is 0 Å². The van der Waals surface area contributed by atoms with Gasteiger partial charge in [0.05, 0.1) is 10.9 Å². The summed E-state index contributed by atoms with van der Waals surface area (Å²) in [6, 6.07) is 22.5. The van der Waals surface area contributed by atoms with E-state index in [9.17, 15) is 9.59 Å². The number of aryl methyl sites for hydroxylation is 1. The maximum Gasteiger partial charge on any atom is 0.262 e. The highest BCUT2D eigenvalue weighted by Crippen LogP contribution is 2.20. The van der Waals surface area contributed by atoms with Crippen molar-refractivity contribution in [3.05, 3.63) is 88.7 Å². The number of carbonyl (C=O) groups is 1. The number of aromatic nitrogens is 2. The van der Waals surface area contributed by atoms with Crippen LogP contribution in [0.4, 0.5) is 11.4 Å². The van der Waals surface area contributed by atoms with E-state index in [4.69, 9.17) is 4.98 Å². The molecule has 0 radical (unpaired) electrons. The quantitative estimate of drug-likeness (QED) is 0.536. The summed E-state index contributed by atoms with van der Waals surface area (Å²) in [6.45, 7) is 1.87. The van der Waals surface area contributed by atoms with Crippen molar-refractivity contribution in [2.75, 3.05) is 24.3 Å². The minimum atomic E-state index is -0.287. The second-order valence-corrected chi connectivity index (χ2v) is 7.70. The minimum Gasteiger partial charge on any atom is -0.378 e. The van der Waals surface area contributed by atoms with Crippen molar-refractivity contribution in [3.8, 4) is 11.4 Å². The molecule has 0 saturated heterocycles. The Morgan fingerprint density at radius 3 is 2.32 bits per heavy atom. The SMILES string of the molecule is Cc1ccc(-c2nc3ccccc3c(=O)n2CC(=O)Nc2ccc(N(C)C)cc2)cc1. The van der Waals surface area contributed by atoms with Crippen LogP contribution >= 0.6 is 0 Å². The van der Waals surface area contributed by atoms with Crippen LogP contribution in [0.5, 0.6) is 0 Å². The third-order valence-corrected chi connectivity index (χ3v) is 5.14. The first-order valence-electron chi connectivity index (χ1n) is 10.1. The van der Waals surface area contributed by atoms with Crippen molar-refractivity contribution >= 4 is 28.2 Å². The molecule has 1 amide bonds. The van der Waals surface area contributed by atoms with E-state index in [1.54, 1.807) is 12.1 Å². The van der Waals surface area contributed by atoms with Crippen LogP contribution in [-0.2, 0) is 11.3 Å². The molecule has 156 valence electrons. The van der Waals surface area contributed by atoms with Gasteiger partial charge >= 0.3 is 0 Å². The van der Waals surface area contributed by atoms with E-state index in [1.807, 2.05) is 86.6 Å². The number of hydrogen-bond donors (Lipinski definition) is 1. The summed E-state index contributed by atoms with van der Waals surface area (Å²) >= 11 is 0. The highest BCUT2D eigenvalue weighted by atomic mass is 16.2. The lowest BCUT2D eigenvalue weighted by Crippen LogP contribution is -2.30. The molecule has 0 unspecified atom stereocenters. The summed E-state index contributed by atoms with van der Waals surface area (Å²) in [5, 5.41) is 3.36. The van der Waals surface area contributed by atoms with Crippen molar-refractivity contribution < 1.29 is 4.79 Å². The molecule has 31 heavy (non-hydrogen) atoms. The molecule has 0 spiro atoms. The van der Waals surface area contributed by atoms with Crippen LogP contribution in [0, 0.1) is 6.92 Å². The average molecular weight is 412 g/mol. The summed E-state index contributed by atoms with van der Waals surface area (Å²) < 4.78 is 1.44. The van der Waals surface area contributed by atoms with Crippen LogP contribution in [0.25, 0.3) is 22.3 Å².